The molecule has 0 fully saturated rings. The molecule has 3 aromatic rings. The average Bonchev–Trinajstić information content (AvgIpc) is 2.99. The summed E-state index contributed by atoms with van der Waals surface area (Å²) in [5.41, 5.74) is 1.95. The van der Waals surface area contributed by atoms with Crippen molar-refractivity contribution in [1.29, 1.82) is 0 Å². The molecule has 0 unspecified atom stereocenters. The minimum absolute atomic E-state index is 0.000756. The number of hydrogen-bond donors (Lipinski definition) is 1. The fraction of sp³-hybridized carbons (Fsp3) is 0.188. The fourth-order valence-corrected chi connectivity index (χ4v) is 2.40. The topological polar surface area (TPSA) is 49.5 Å². The second kappa shape index (κ2) is 5.35. The molecule has 1 N–H and O–H groups in total. The van der Waals surface area contributed by atoms with Crippen molar-refractivity contribution in [3.05, 3.63) is 60.2 Å². The Hall–Kier alpha value is -2.33. The lowest BCUT2D eigenvalue weighted by Gasteiger charge is -2.20. The fourth-order valence-electron chi connectivity index (χ4n) is 2.40. The predicted molar refractivity (Wildman–Crippen MR) is 78.5 cm³/mol. The van der Waals surface area contributed by atoms with Crippen molar-refractivity contribution in [3.8, 4) is 0 Å². The quantitative estimate of drug-likeness (QED) is 0.790. The lowest BCUT2D eigenvalue weighted by Crippen LogP contribution is -2.17. The molecule has 0 aliphatic heterocycles. The first-order chi connectivity index (χ1) is 9.79. The zero-order valence-electron chi connectivity index (χ0n) is 11.3. The van der Waals surface area contributed by atoms with Gasteiger partial charge in [0.2, 0.25) is 0 Å². The molecular formula is C16H16N2O2. The van der Waals surface area contributed by atoms with Crippen LogP contribution in [0.5, 0.6) is 0 Å². The molecule has 0 saturated carbocycles. The van der Waals surface area contributed by atoms with E-state index in [9.17, 15) is 5.11 Å². The number of aliphatic hydroxyl groups is 1. The van der Waals surface area contributed by atoms with E-state index in [2.05, 4.69) is 9.88 Å². The third kappa shape index (κ3) is 2.26. The maximum Gasteiger partial charge on any atom is 0.136 e. The molecule has 3 rings (SSSR count). The van der Waals surface area contributed by atoms with Crippen molar-refractivity contribution >= 4 is 16.6 Å². The number of fused-ring (bicyclic) bond motifs is 1. The molecule has 0 aliphatic rings. The Kier molecular flexibility index (Phi) is 3.39. The highest BCUT2D eigenvalue weighted by Gasteiger charge is 2.11. The Morgan fingerprint density at radius 3 is 2.70 bits per heavy atom. The number of hydrogen-bond acceptors (Lipinski definition) is 4. The van der Waals surface area contributed by atoms with Gasteiger partial charge in [-0.3, -0.25) is 0 Å². The normalized spacial score (nSPS) is 10.9. The Balaban J connectivity index is 2.03. The van der Waals surface area contributed by atoms with Crippen molar-refractivity contribution in [2.24, 2.45) is 0 Å². The van der Waals surface area contributed by atoms with Gasteiger partial charge in [-0.2, -0.15) is 0 Å². The third-order valence-electron chi connectivity index (χ3n) is 3.39. The summed E-state index contributed by atoms with van der Waals surface area (Å²) in [6.45, 7) is 0.727. The van der Waals surface area contributed by atoms with Crippen LogP contribution in [0.3, 0.4) is 0 Å². The molecule has 4 nitrogen and oxygen atoms in total. The van der Waals surface area contributed by atoms with E-state index in [1.54, 1.807) is 18.7 Å². The van der Waals surface area contributed by atoms with E-state index in [4.69, 9.17) is 4.42 Å². The molecule has 0 radical (unpaired) electrons. The molecule has 0 amide bonds. The predicted octanol–water partition coefficient (Wildman–Crippen LogP) is 2.96. The molecular weight excluding hydrogens is 252 g/mol. The largest absolute Gasteiger partial charge is 0.472 e. The first kappa shape index (κ1) is 12.7. The molecule has 1 aromatic carbocycles. The number of nitrogens with zero attached hydrogens (tertiary/aromatic N) is 2. The molecule has 0 atom stereocenters. The average molecular weight is 268 g/mol. The van der Waals surface area contributed by atoms with Crippen LogP contribution in [0.15, 0.2) is 53.5 Å². The van der Waals surface area contributed by atoms with Crippen LogP contribution >= 0.6 is 0 Å². The number of aliphatic hydroxyl groups excluding tert-OH is 1. The summed E-state index contributed by atoms with van der Waals surface area (Å²) in [6, 6.07) is 9.95. The van der Waals surface area contributed by atoms with Crippen LogP contribution in [-0.2, 0) is 13.2 Å². The van der Waals surface area contributed by atoms with Crippen molar-refractivity contribution in [1.82, 2.24) is 4.98 Å². The van der Waals surface area contributed by atoms with Crippen LogP contribution < -0.4 is 4.90 Å². The van der Waals surface area contributed by atoms with Gasteiger partial charge in [-0.15, -0.1) is 0 Å². The van der Waals surface area contributed by atoms with Gasteiger partial charge in [-0.25, -0.2) is 4.98 Å². The van der Waals surface area contributed by atoms with Gasteiger partial charge in [0.15, 0.2) is 0 Å². The summed E-state index contributed by atoms with van der Waals surface area (Å²) >= 11 is 0. The van der Waals surface area contributed by atoms with Gasteiger partial charge in [0.05, 0.1) is 19.1 Å². The number of furan rings is 1. The Morgan fingerprint density at radius 1 is 1.20 bits per heavy atom. The van der Waals surface area contributed by atoms with Crippen LogP contribution in [0.2, 0.25) is 0 Å². The maximum absolute atomic E-state index is 9.41. The first-order valence-electron chi connectivity index (χ1n) is 6.49. The van der Waals surface area contributed by atoms with E-state index in [1.165, 1.54) is 0 Å². The Bertz CT molecular complexity index is 708. The number of anilines is 1. The highest BCUT2D eigenvalue weighted by molar-refractivity contribution is 5.94. The van der Waals surface area contributed by atoms with Crippen molar-refractivity contribution in [2.75, 3.05) is 11.9 Å². The minimum Gasteiger partial charge on any atom is -0.472 e. The van der Waals surface area contributed by atoms with E-state index >= 15 is 0 Å². The van der Waals surface area contributed by atoms with Crippen LogP contribution in [0.4, 0.5) is 5.82 Å². The number of pyridine rings is 1. The van der Waals surface area contributed by atoms with Gasteiger partial charge >= 0.3 is 0 Å². The second-order valence-corrected chi connectivity index (χ2v) is 4.80. The van der Waals surface area contributed by atoms with E-state index in [0.717, 1.165) is 34.3 Å². The standard InChI is InChI=1S/C16H16N2O2/c1-18(9-12-6-7-20-11-12)16-15-5-3-2-4-14(15)13(10-19)8-17-16/h2-8,11,19H,9-10H2,1H3. The first-order valence-corrected chi connectivity index (χ1v) is 6.49. The van der Waals surface area contributed by atoms with Crippen molar-refractivity contribution in [2.45, 2.75) is 13.2 Å². The molecule has 102 valence electrons. The van der Waals surface area contributed by atoms with Gasteiger partial charge in [0.1, 0.15) is 5.82 Å². The zero-order chi connectivity index (χ0) is 13.9. The number of aromatic nitrogens is 1. The summed E-state index contributed by atoms with van der Waals surface area (Å²) in [4.78, 5) is 6.57. The molecule has 0 bridgehead atoms. The van der Waals surface area contributed by atoms with E-state index in [1.807, 2.05) is 37.4 Å². The van der Waals surface area contributed by atoms with Crippen LogP contribution in [0, 0.1) is 0 Å². The molecule has 2 heterocycles. The summed E-state index contributed by atoms with van der Waals surface area (Å²) in [5, 5.41) is 11.5. The molecule has 0 saturated heterocycles. The zero-order valence-corrected chi connectivity index (χ0v) is 11.3. The summed E-state index contributed by atoms with van der Waals surface area (Å²) in [6.07, 6.45) is 5.15. The molecule has 0 aliphatic carbocycles. The molecule has 4 heteroatoms. The van der Waals surface area contributed by atoms with Crippen molar-refractivity contribution in [3.63, 3.8) is 0 Å². The summed E-state index contributed by atoms with van der Waals surface area (Å²) in [5.74, 6) is 0.902. The van der Waals surface area contributed by atoms with Gasteiger partial charge in [-0.05, 0) is 11.5 Å². The van der Waals surface area contributed by atoms with Gasteiger partial charge in [0.25, 0.3) is 0 Å². The lowest BCUT2D eigenvalue weighted by molar-refractivity contribution is 0.283. The number of benzene rings is 1. The highest BCUT2D eigenvalue weighted by Crippen LogP contribution is 2.27. The smallest absolute Gasteiger partial charge is 0.136 e. The summed E-state index contributed by atoms with van der Waals surface area (Å²) < 4.78 is 5.10. The summed E-state index contributed by atoms with van der Waals surface area (Å²) in [7, 11) is 2.00. The monoisotopic (exact) mass is 268 g/mol. The van der Waals surface area contributed by atoms with Gasteiger partial charge in [0, 0.05) is 36.3 Å². The van der Waals surface area contributed by atoms with Crippen LogP contribution in [-0.4, -0.2) is 17.1 Å². The highest BCUT2D eigenvalue weighted by atomic mass is 16.3. The Labute approximate surface area is 117 Å². The molecule has 20 heavy (non-hydrogen) atoms. The van der Waals surface area contributed by atoms with Gasteiger partial charge in [-0.1, -0.05) is 24.3 Å². The SMILES string of the molecule is CN(Cc1ccoc1)c1ncc(CO)c2ccccc12. The lowest BCUT2D eigenvalue weighted by atomic mass is 10.1. The third-order valence-corrected chi connectivity index (χ3v) is 3.39. The Morgan fingerprint density at radius 2 is 2.00 bits per heavy atom. The van der Waals surface area contributed by atoms with E-state index in [0.29, 0.717) is 0 Å². The van der Waals surface area contributed by atoms with Crippen molar-refractivity contribution < 1.29 is 9.52 Å². The van der Waals surface area contributed by atoms with Crippen LogP contribution in [0.1, 0.15) is 11.1 Å². The maximum atomic E-state index is 9.41. The van der Waals surface area contributed by atoms with Gasteiger partial charge < -0.3 is 14.4 Å². The van der Waals surface area contributed by atoms with Crippen LogP contribution in [0.25, 0.3) is 10.8 Å². The van der Waals surface area contributed by atoms with E-state index in [-0.39, 0.29) is 6.61 Å². The minimum atomic E-state index is -0.000756. The molecule has 2 aromatic heterocycles. The second-order valence-electron chi connectivity index (χ2n) is 4.80. The van der Waals surface area contributed by atoms with E-state index < -0.39 is 0 Å². The number of rotatable bonds is 4. The molecule has 0 spiro atoms.